The molecule has 0 heteroatoms. The van der Waals surface area contributed by atoms with Crippen LogP contribution in [-0.2, 0) is 0 Å². The van der Waals surface area contributed by atoms with E-state index in [-0.39, 0.29) is 5.41 Å². The molecule has 0 N–H and O–H groups in total. The van der Waals surface area contributed by atoms with Gasteiger partial charge in [-0.3, -0.25) is 0 Å². The summed E-state index contributed by atoms with van der Waals surface area (Å²) in [6.45, 7) is 8.73. The first-order chi connectivity index (χ1) is 5.91. The van der Waals surface area contributed by atoms with Crippen LogP contribution in [0.25, 0.3) is 0 Å². The van der Waals surface area contributed by atoms with Gasteiger partial charge in [0.15, 0.2) is 0 Å². The van der Waals surface area contributed by atoms with Crippen LogP contribution >= 0.6 is 0 Å². The van der Waals surface area contributed by atoms with Crippen LogP contribution in [-0.4, -0.2) is 0 Å². The first kappa shape index (κ1) is 8.34. The third-order valence-electron chi connectivity index (χ3n) is 2.43. The maximum Gasteiger partial charge on any atom is 0.0581 e. The average Bonchev–Trinajstić information content (AvgIpc) is 2.03. The maximum atomic E-state index is 8.06. The second kappa shape index (κ2) is 3.64. The predicted octanol–water partition coefficient (Wildman–Crippen LogP) is 4.17. The van der Waals surface area contributed by atoms with E-state index in [1.165, 1.54) is 18.4 Å². The first-order valence-electron chi connectivity index (χ1n) is 5.60. The van der Waals surface area contributed by atoms with Gasteiger partial charge in [-0.1, -0.05) is 39.3 Å². The molecule has 0 bridgehead atoms. The van der Waals surface area contributed by atoms with Gasteiger partial charge in [0, 0.05) is 0 Å². The lowest BCUT2D eigenvalue weighted by Crippen LogP contribution is -2.08. The minimum atomic E-state index is 0.0515. The summed E-state index contributed by atoms with van der Waals surface area (Å²) in [5, 5.41) is 0. The van der Waals surface area contributed by atoms with Gasteiger partial charge < -0.3 is 0 Å². The molecule has 1 aliphatic rings. The molecule has 0 aliphatic heterocycles. The number of rotatable bonds is 0. The minimum Gasteiger partial charge on any atom is -0.0799 e. The molecule has 1 fully saturated rings. The Balaban J connectivity index is 2.71. The Morgan fingerprint density at radius 2 is 1.83 bits per heavy atom. The second-order valence-electron chi connectivity index (χ2n) is 5.16. The Labute approximate surface area is 78.5 Å². The van der Waals surface area contributed by atoms with Crippen LogP contribution in [0.2, 0.25) is 0 Å². The molecular formula is C12H22. The Hall–Kier alpha value is -0.260. The van der Waals surface area contributed by atoms with Crippen molar-refractivity contribution in [2.75, 3.05) is 0 Å². The molecule has 1 aliphatic carbocycles. The van der Waals surface area contributed by atoms with E-state index >= 15 is 0 Å². The molecule has 0 aromatic carbocycles. The molecule has 0 saturated heterocycles. The summed E-state index contributed by atoms with van der Waals surface area (Å²) >= 11 is 0. The van der Waals surface area contributed by atoms with Gasteiger partial charge in [-0.25, -0.2) is 0 Å². The van der Waals surface area contributed by atoms with E-state index in [4.69, 9.17) is 1.37 Å². The molecule has 0 nitrogen and oxygen atoms in total. The predicted molar refractivity (Wildman–Crippen MR) is 55.2 cm³/mol. The van der Waals surface area contributed by atoms with Crippen molar-refractivity contribution in [3.05, 3.63) is 11.6 Å². The highest BCUT2D eigenvalue weighted by Gasteiger charge is 2.14. The van der Waals surface area contributed by atoms with E-state index in [1.54, 1.807) is 0 Å². The zero-order valence-electron chi connectivity index (χ0n) is 9.91. The molecule has 0 radical (unpaired) electrons. The fourth-order valence-corrected chi connectivity index (χ4v) is 1.77. The zero-order valence-corrected chi connectivity index (χ0v) is 8.91. The summed E-state index contributed by atoms with van der Waals surface area (Å²) in [5.41, 5.74) is 1.46. The molecule has 0 aromatic rings. The van der Waals surface area contributed by atoms with Gasteiger partial charge in [0.25, 0.3) is 0 Å². The molecule has 0 unspecified atom stereocenters. The van der Waals surface area contributed by atoms with Gasteiger partial charge in [0.05, 0.1) is 1.37 Å². The molecule has 12 heavy (non-hydrogen) atoms. The molecule has 0 amide bonds. The van der Waals surface area contributed by atoms with Crippen molar-refractivity contribution < 1.29 is 1.37 Å². The normalized spacial score (nSPS) is 26.8. The van der Waals surface area contributed by atoms with E-state index in [9.17, 15) is 0 Å². The van der Waals surface area contributed by atoms with E-state index in [0.29, 0.717) is 0 Å². The van der Waals surface area contributed by atoms with E-state index < -0.39 is 0 Å². The van der Waals surface area contributed by atoms with Crippen molar-refractivity contribution in [3.8, 4) is 0 Å². The van der Waals surface area contributed by atoms with Gasteiger partial charge in [-0.05, 0) is 37.0 Å². The first-order valence-corrected chi connectivity index (χ1v) is 5.10. The third kappa shape index (κ3) is 3.42. The van der Waals surface area contributed by atoms with Crippen molar-refractivity contribution in [3.63, 3.8) is 0 Å². The van der Waals surface area contributed by atoms with E-state index in [2.05, 4.69) is 27.7 Å². The lowest BCUT2D eigenvalue weighted by Gasteiger charge is -2.23. The lowest BCUT2D eigenvalue weighted by molar-refractivity contribution is 0.433. The van der Waals surface area contributed by atoms with Crippen molar-refractivity contribution in [2.24, 2.45) is 11.3 Å². The molecule has 1 rings (SSSR count). The van der Waals surface area contributed by atoms with E-state index in [0.717, 1.165) is 24.8 Å². The van der Waals surface area contributed by atoms with Gasteiger partial charge in [-0.2, -0.15) is 0 Å². The fourth-order valence-electron chi connectivity index (χ4n) is 1.77. The molecule has 70 valence electrons. The quantitative estimate of drug-likeness (QED) is 0.475. The van der Waals surface area contributed by atoms with Gasteiger partial charge in [0.2, 0.25) is 0 Å². The Morgan fingerprint density at radius 3 is 2.25 bits per heavy atom. The maximum absolute atomic E-state index is 8.06. The monoisotopic (exact) mass is 167 g/mol. The van der Waals surface area contributed by atoms with E-state index in [1.807, 2.05) is 0 Å². The van der Waals surface area contributed by atoms with Crippen LogP contribution < -0.4 is 0 Å². The third-order valence-corrected chi connectivity index (χ3v) is 2.43. The van der Waals surface area contributed by atoms with Crippen molar-refractivity contribution >= 4 is 0 Å². The Morgan fingerprint density at radius 1 is 1.33 bits per heavy atom. The smallest absolute Gasteiger partial charge is 0.0581 e. The minimum absolute atomic E-state index is 0.0515. The Bertz CT molecular complexity index is 198. The number of hydrogen-bond acceptors (Lipinski definition) is 0. The molecular weight excluding hydrogens is 144 g/mol. The van der Waals surface area contributed by atoms with Gasteiger partial charge in [0.1, 0.15) is 0 Å². The number of hydrogen-bond donors (Lipinski definition) is 0. The van der Waals surface area contributed by atoms with Gasteiger partial charge in [-0.15, -0.1) is 0 Å². The highest BCUT2D eigenvalue weighted by molar-refractivity contribution is 5.09. The van der Waals surface area contributed by atoms with Crippen LogP contribution in [0.3, 0.4) is 0 Å². The van der Waals surface area contributed by atoms with Crippen LogP contribution in [0, 0.1) is 11.3 Å². The fraction of sp³-hybridized carbons (Fsp3) is 0.833. The summed E-state index contributed by atoms with van der Waals surface area (Å²) in [4.78, 5) is 0. The SMILES string of the molecule is [2H]C(=C1CCC(C)CC1)C(C)(C)C. The van der Waals surface area contributed by atoms with Crippen molar-refractivity contribution in [1.29, 1.82) is 0 Å². The highest BCUT2D eigenvalue weighted by Crippen LogP contribution is 2.30. The summed E-state index contributed by atoms with van der Waals surface area (Å²) in [6, 6.07) is 0.888. The molecule has 0 spiro atoms. The Kier molecular flexibility index (Phi) is 2.53. The van der Waals surface area contributed by atoms with Crippen molar-refractivity contribution in [2.45, 2.75) is 53.4 Å². The van der Waals surface area contributed by atoms with Crippen molar-refractivity contribution in [1.82, 2.24) is 0 Å². The largest absolute Gasteiger partial charge is 0.0799 e. The molecule has 0 heterocycles. The van der Waals surface area contributed by atoms with Crippen LogP contribution in [0.5, 0.6) is 0 Å². The average molecular weight is 167 g/mol. The highest BCUT2D eigenvalue weighted by atomic mass is 14.2. The summed E-state index contributed by atoms with van der Waals surface area (Å²) in [7, 11) is 0. The number of allylic oxidation sites excluding steroid dienone is 2. The summed E-state index contributed by atoms with van der Waals surface area (Å²) in [6.07, 6.45) is 4.90. The molecule has 0 atom stereocenters. The summed E-state index contributed by atoms with van der Waals surface area (Å²) < 4.78 is 8.06. The molecule has 1 saturated carbocycles. The van der Waals surface area contributed by atoms with Crippen LogP contribution in [0.1, 0.15) is 54.7 Å². The van der Waals surface area contributed by atoms with Crippen LogP contribution in [0.15, 0.2) is 11.6 Å². The van der Waals surface area contributed by atoms with Gasteiger partial charge >= 0.3 is 0 Å². The topological polar surface area (TPSA) is 0 Å². The second-order valence-corrected chi connectivity index (χ2v) is 5.16. The van der Waals surface area contributed by atoms with Crippen LogP contribution in [0.4, 0.5) is 0 Å². The zero-order chi connectivity index (χ0) is 10.1. The molecule has 0 aromatic heterocycles. The summed E-state index contributed by atoms with van der Waals surface area (Å²) in [5.74, 6) is 0.872. The lowest BCUT2D eigenvalue weighted by atomic mass is 9.83. The standard InChI is InChI=1S/C12H22/c1-10-5-7-11(8-6-10)9-12(2,3)4/h9-10H,5-8H2,1-4H3/i9D.